The van der Waals surface area contributed by atoms with Crippen molar-refractivity contribution >= 4 is 57.6 Å². The Kier molecular flexibility index (Phi) is 10.1. The van der Waals surface area contributed by atoms with E-state index in [2.05, 4.69) is 15.0 Å². The quantitative estimate of drug-likeness (QED) is 0.156. The van der Waals surface area contributed by atoms with E-state index in [1.807, 2.05) is 5.38 Å². The van der Waals surface area contributed by atoms with Crippen LogP contribution in [0.15, 0.2) is 46.8 Å². The van der Waals surface area contributed by atoms with Gasteiger partial charge in [-0.2, -0.15) is 0 Å². The van der Waals surface area contributed by atoms with Gasteiger partial charge in [0.05, 0.1) is 23.1 Å². The number of hydrogen-bond donors (Lipinski definition) is 2. The molecule has 0 atom stereocenters. The molecule has 0 aliphatic rings. The van der Waals surface area contributed by atoms with Crippen molar-refractivity contribution in [1.29, 1.82) is 0 Å². The van der Waals surface area contributed by atoms with Crippen molar-refractivity contribution < 1.29 is 18.7 Å². The Balaban J connectivity index is 1.62. The molecule has 2 N–H and O–H groups in total. The van der Waals surface area contributed by atoms with Crippen LogP contribution in [0, 0.1) is 5.82 Å². The van der Waals surface area contributed by atoms with E-state index in [1.165, 1.54) is 23.5 Å². The molecular weight excluding hydrogens is 508 g/mol. The van der Waals surface area contributed by atoms with E-state index in [9.17, 15) is 9.18 Å². The van der Waals surface area contributed by atoms with Gasteiger partial charge in [0, 0.05) is 22.7 Å². The summed E-state index contributed by atoms with van der Waals surface area (Å²) in [6.45, 7) is 2.89. The standard InChI is InChI=1S/C22H22Cl2FN3O3S2/c1-2-30-21(29)13-26-7-3-4-14-10-15(23)5-6-18(14)31-19-12-17(25)20(11-16(19)24)33-28-22-27-8-9-32-22/h5-6,8-12,26H,2-4,7,13H2,1H3,(H,27,28). The van der Waals surface area contributed by atoms with Gasteiger partial charge in [0.25, 0.3) is 0 Å². The molecule has 176 valence electrons. The second kappa shape index (κ2) is 13.0. The molecule has 1 aromatic heterocycles. The number of halogens is 3. The fourth-order valence-corrected chi connectivity index (χ4v) is 4.54. The number of hydrogen-bond acceptors (Lipinski definition) is 8. The molecule has 33 heavy (non-hydrogen) atoms. The Morgan fingerprint density at radius 3 is 2.85 bits per heavy atom. The summed E-state index contributed by atoms with van der Waals surface area (Å²) in [6.07, 6.45) is 3.03. The van der Waals surface area contributed by atoms with Crippen LogP contribution < -0.4 is 14.8 Å². The van der Waals surface area contributed by atoms with E-state index < -0.39 is 5.82 Å². The van der Waals surface area contributed by atoms with Gasteiger partial charge >= 0.3 is 5.97 Å². The maximum atomic E-state index is 14.7. The second-order valence-electron chi connectivity index (χ2n) is 6.69. The van der Waals surface area contributed by atoms with Crippen molar-refractivity contribution in [2.45, 2.75) is 24.7 Å². The number of carbonyl (C=O) groups excluding carboxylic acids is 1. The average Bonchev–Trinajstić information content (AvgIpc) is 3.30. The van der Waals surface area contributed by atoms with Crippen LogP contribution in [0.25, 0.3) is 0 Å². The van der Waals surface area contributed by atoms with Crippen molar-refractivity contribution in [1.82, 2.24) is 10.3 Å². The van der Waals surface area contributed by atoms with Crippen LogP contribution in [0.5, 0.6) is 11.5 Å². The topological polar surface area (TPSA) is 72.5 Å². The summed E-state index contributed by atoms with van der Waals surface area (Å²) in [7, 11) is 0. The Morgan fingerprint density at radius 2 is 2.09 bits per heavy atom. The summed E-state index contributed by atoms with van der Waals surface area (Å²) in [4.78, 5) is 15.8. The number of aromatic nitrogens is 1. The molecule has 0 spiro atoms. The third-order valence-electron chi connectivity index (χ3n) is 4.28. The molecule has 3 aromatic rings. The summed E-state index contributed by atoms with van der Waals surface area (Å²) in [6, 6.07) is 7.99. The number of rotatable bonds is 12. The van der Waals surface area contributed by atoms with E-state index >= 15 is 0 Å². The van der Waals surface area contributed by atoms with E-state index in [1.54, 1.807) is 31.3 Å². The van der Waals surface area contributed by atoms with Crippen molar-refractivity contribution in [3.63, 3.8) is 0 Å². The number of anilines is 1. The van der Waals surface area contributed by atoms with Crippen LogP contribution in [0.3, 0.4) is 0 Å². The van der Waals surface area contributed by atoms with Crippen LogP contribution in [0.2, 0.25) is 10.0 Å². The Labute approximate surface area is 209 Å². The molecule has 1 heterocycles. The number of benzene rings is 2. The molecule has 0 saturated heterocycles. The summed E-state index contributed by atoms with van der Waals surface area (Å²) in [5.41, 5.74) is 0.848. The first-order chi connectivity index (χ1) is 16.0. The fourth-order valence-electron chi connectivity index (χ4n) is 2.81. The minimum Gasteiger partial charge on any atom is -0.465 e. The minimum absolute atomic E-state index is 0.156. The van der Waals surface area contributed by atoms with Gasteiger partial charge in [-0.1, -0.05) is 23.2 Å². The molecular formula is C22H22Cl2FN3O3S2. The number of nitrogens with one attached hydrogen (secondary N) is 2. The van der Waals surface area contributed by atoms with E-state index in [4.69, 9.17) is 32.7 Å². The summed E-state index contributed by atoms with van der Waals surface area (Å²) < 4.78 is 28.5. The zero-order chi connectivity index (χ0) is 23.6. The lowest BCUT2D eigenvalue weighted by Gasteiger charge is -2.14. The highest BCUT2D eigenvalue weighted by Gasteiger charge is 2.14. The number of ether oxygens (including phenoxy) is 2. The lowest BCUT2D eigenvalue weighted by molar-refractivity contribution is -0.141. The third kappa shape index (κ3) is 8.04. The van der Waals surface area contributed by atoms with E-state index in [-0.39, 0.29) is 23.3 Å². The highest BCUT2D eigenvalue weighted by molar-refractivity contribution is 8.00. The first-order valence-corrected chi connectivity index (χ1v) is 12.6. The van der Waals surface area contributed by atoms with E-state index in [0.29, 0.717) is 40.4 Å². The van der Waals surface area contributed by atoms with Crippen LogP contribution in [0.4, 0.5) is 9.52 Å². The van der Waals surface area contributed by atoms with Crippen LogP contribution in [-0.4, -0.2) is 30.6 Å². The van der Waals surface area contributed by atoms with Gasteiger partial charge in [0.2, 0.25) is 0 Å². The monoisotopic (exact) mass is 529 g/mol. The Morgan fingerprint density at radius 1 is 1.24 bits per heavy atom. The molecule has 0 fully saturated rings. The highest BCUT2D eigenvalue weighted by Crippen LogP contribution is 2.37. The average molecular weight is 530 g/mol. The van der Waals surface area contributed by atoms with Crippen molar-refractivity contribution in [2.75, 3.05) is 24.4 Å². The molecule has 2 aromatic carbocycles. The minimum atomic E-state index is -0.470. The Bertz CT molecular complexity index is 1070. The van der Waals surface area contributed by atoms with Gasteiger partial charge < -0.3 is 19.5 Å². The number of aryl methyl sites for hydroxylation is 1. The molecule has 0 radical (unpaired) electrons. The lowest BCUT2D eigenvalue weighted by Crippen LogP contribution is -2.25. The largest absolute Gasteiger partial charge is 0.465 e. The summed E-state index contributed by atoms with van der Waals surface area (Å²) in [5.74, 6) is -0.0178. The molecule has 11 heteroatoms. The van der Waals surface area contributed by atoms with Gasteiger partial charge in [-0.3, -0.25) is 4.79 Å². The van der Waals surface area contributed by atoms with Crippen LogP contribution >= 0.6 is 46.5 Å². The summed E-state index contributed by atoms with van der Waals surface area (Å²) >= 11 is 15.0. The molecule has 6 nitrogen and oxygen atoms in total. The molecule has 0 saturated carbocycles. The molecule has 0 aliphatic heterocycles. The van der Waals surface area contributed by atoms with Crippen LogP contribution in [0.1, 0.15) is 18.9 Å². The normalized spacial score (nSPS) is 10.8. The predicted molar refractivity (Wildman–Crippen MR) is 132 cm³/mol. The maximum Gasteiger partial charge on any atom is 0.319 e. The zero-order valence-electron chi connectivity index (χ0n) is 17.7. The number of esters is 1. The molecule has 0 unspecified atom stereocenters. The fraction of sp³-hybridized carbons (Fsp3) is 0.273. The predicted octanol–water partition coefficient (Wildman–Crippen LogP) is 6.59. The van der Waals surface area contributed by atoms with Gasteiger partial charge in [-0.15, -0.1) is 11.3 Å². The molecule has 0 amide bonds. The lowest BCUT2D eigenvalue weighted by atomic mass is 10.1. The third-order valence-corrected chi connectivity index (χ3v) is 6.46. The van der Waals surface area contributed by atoms with Gasteiger partial charge in [-0.25, -0.2) is 9.37 Å². The molecule has 0 aliphatic carbocycles. The van der Waals surface area contributed by atoms with Gasteiger partial charge in [-0.05, 0) is 68.1 Å². The number of carbonyl (C=O) groups is 1. The number of nitrogens with zero attached hydrogens (tertiary/aromatic N) is 1. The SMILES string of the molecule is CCOC(=O)CNCCCc1cc(Cl)ccc1Oc1cc(F)c(SNc2nccs2)cc1Cl. The highest BCUT2D eigenvalue weighted by atomic mass is 35.5. The smallest absolute Gasteiger partial charge is 0.319 e. The van der Waals surface area contributed by atoms with Gasteiger partial charge in [0.1, 0.15) is 17.3 Å². The van der Waals surface area contributed by atoms with Crippen LogP contribution in [-0.2, 0) is 16.0 Å². The van der Waals surface area contributed by atoms with Crippen molar-refractivity contribution in [3.05, 3.63) is 63.3 Å². The van der Waals surface area contributed by atoms with Gasteiger partial charge in [0.15, 0.2) is 5.13 Å². The summed E-state index contributed by atoms with van der Waals surface area (Å²) in [5, 5.41) is 6.36. The first-order valence-electron chi connectivity index (χ1n) is 10.1. The number of thiazole rings is 1. The molecule has 3 rings (SSSR count). The van der Waals surface area contributed by atoms with Crippen molar-refractivity contribution in [2.24, 2.45) is 0 Å². The molecule has 0 bridgehead atoms. The first kappa shape index (κ1) is 25.6. The maximum absolute atomic E-state index is 14.7. The van der Waals surface area contributed by atoms with E-state index in [0.717, 1.165) is 23.9 Å². The Hall–Kier alpha value is -2.04. The second-order valence-corrected chi connectivity index (χ2v) is 9.28. The zero-order valence-corrected chi connectivity index (χ0v) is 20.8. The van der Waals surface area contributed by atoms with Crippen molar-refractivity contribution in [3.8, 4) is 11.5 Å².